The Morgan fingerprint density at radius 1 is 1.41 bits per heavy atom. The van der Waals surface area contributed by atoms with Crippen molar-refractivity contribution in [3.8, 4) is 0 Å². The molecule has 0 rings (SSSR count). The fourth-order valence-electron chi connectivity index (χ4n) is 1.28. The van der Waals surface area contributed by atoms with Gasteiger partial charge in [0, 0.05) is 6.54 Å². The highest BCUT2D eigenvalue weighted by Crippen LogP contribution is 2.06. The van der Waals surface area contributed by atoms with Crippen LogP contribution in [0.1, 0.15) is 47.5 Å². The summed E-state index contributed by atoms with van der Waals surface area (Å²) < 4.78 is 5.08. The standard InChI is InChI=1S/C13H25NO3/c1-10(2)9-11(15)7-6-8-14-12(16)17-13(3,4)5/h9,11,15H,6-8H2,1-5H3,(H,14,16)/t11-/m1/s1. The van der Waals surface area contributed by atoms with Crippen LogP contribution >= 0.6 is 0 Å². The molecule has 0 heterocycles. The van der Waals surface area contributed by atoms with Gasteiger partial charge in [-0.3, -0.25) is 0 Å². The Morgan fingerprint density at radius 2 is 2.00 bits per heavy atom. The first-order valence-corrected chi connectivity index (χ1v) is 6.00. The zero-order valence-electron chi connectivity index (χ0n) is 11.5. The highest BCUT2D eigenvalue weighted by Gasteiger charge is 2.15. The molecule has 1 amide bonds. The van der Waals surface area contributed by atoms with Crippen molar-refractivity contribution in [2.45, 2.75) is 59.2 Å². The van der Waals surface area contributed by atoms with E-state index < -0.39 is 17.8 Å². The molecule has 2 N–H and O–H groups in total. The molecule has 0 aliphatic heterocycles. The minimum atomic E-state index is -0.467. The lowest BCUT2D eigenvalue weighted by atomic mass is 10.1. The highest BCUT2D eigenvalue weighted by atomic mass is 16.6. The van der Waals surface area contributed by atoms with E-state index in [0.29, 0.717) is 13.0 Å². The zero-order valence-corrected chi connectivity index (χ0v) is 11.5. The lowest BCUT2D eigenvalue weighted by Crippen LogP contribution is -2.33. The molecule has 0 aliphatic carbocycles. The number of amides is 1. The van der Waals surface area contributed by atoms with Crippen LogP contribution in [0.5, 0.6) is 0 Å². The van der Waals surface area contributed by atoms with Gasteiger partial charge in [-0.1, -0.05) is 11.6 Å². The van der Waals surface area contributed by atoms with Gasteiger partial charge in [0.2, 0.25) is 0 Å². The molecule has 0 fully saturated rings. The second-order valence-corrected chi connectivity index (χ2v) is 5.38. The van der Waals surface area contributed by atoms with E-state index in [0.717, 1.165) is 12.0 Å². The van der Waals surface area contributed by atoms with Crippen LogP contribution in [0, 0.1) is 0 Å². The molecule has 0 saturated carbocycles. The molecule has 4 heteroatoms. The van der Waals surface area contributed by atoms with E-state index >= 15 is 0 Å². The monoisotopic (exact) mass is 243 g/mol. The molecule has 0 aromatic rings. The van der Waals surface area contributed by atoms with E-state index in [1.807, 2.05) is 40.7 Å². The topological polar surface area (TPSA) is 58.6 Å². The average molecular weight is 243 g/mol. The van der Waals surface area contributed by atoms with Gasteiger partial charge in [-0.2, -0.15) is 0 Å². The van der Waals surface area contributed by atoms with Gasteiger partial charge in [0.15, 0.2) is 0 Å². The van der Waals surface area contributed by atoms with Crippen molar-refractivity contribution < 1.29 is 14.6 Å². The Hall–Kier alpha value is -1.03. The molecule has 17 heavy (non-hydrogen) atoms. The van der Waals surface area contributed by atoms with E-state index in [9.17, 15) is 9.90 Å². The van der Waals surface area contributed by atoms with Crippen LogP contribution in [0.4, 0.5) is 4.79 Å². The number of rotatable bonds is 5. The van der Waals surface area contributed by atoms with Crippen molar-refractivity contribution in [1.29, 1.82) is 0 Å². The van der Waals surface area contributed by atoms with Gasteiger partial charge in [0.25, 0.3) is 0 Å². The summed E-state index contributed by atoms with van der Waals surface area (Å²) in [6.45, 7) is 9.88. The summed E-state index contributed by atoms with van der Waals surface area (Å²) in [5, 5.41) is 12.2. The number of hydrogen-bond donors (Lipinski definition) is 2. The number of carbonyl (C=O) groups is 1. The third-order valence-electron chi connectivity index (χ3n) is 1.87. The maximum Gasteiger partial charge on any atom is 0.407 e. The molecule has 100 valence electrons. The summed E-state index contributed by atoms with van der Waals surface area (Å²) in [4.78, 5) is 11.3. The van der Waals surface area contributed by atoms with Crippen molar-refractivity contribution in [2.24, 2.45) is 0 Å². The molecular weight excluding hydrogens is 218 g/mol. The summed E-state index contributed by atoms with van der Waals surface area (Å²) in [7, 11) is 0. The van der Waals surface area contributed by atoms with Gasteiger partial charge < -0.3 is 15.2 Å². The number of alkyl carbamates (subject to hydrolysis) is 1. The smallest absolute Gasteiger partial charge is 0.407 e. The quantitative estimate of drug-likeness (QED) is 0.576. The van der Waals surface area contributed by atoms with E-state index in [-0.39, 0.29) is 0 Å². The number of carbonyl (C=O) groups excluding carboxylic acids is 1. The van der Waals surface area contributed by atoms with E-state index in [1.165, 1.54) is 0 Å². The Balaban J connectivity index is 3.65. The molecule has 0 bridgehead atoms. The second-order valence-electron chi connectivity index (χ2n) is 5.38. The van der Waals surface area contributed by atoms with Gasteiger partial charge in [0.1, 0.15) is 5.60 Å². The van der Waals surface area contributed by atoms with Crippen LogP contribution in [-0.2, 0) is 4.74 Å². The Bertz CT molecular complexity index is 262. The van der Waals surface area contributed by atoms with Gasteiger partial charge >= 0.3 is 6.09 Å². The van der Waals surface area contributed by atoms with E-state index in [2.05, 4.69) is 5.32 Å². The number of ether oxygens (including phenoxy) is 1. The molecule has 0 spiro atoms. The summed E-state index contributed by atoms with van der Waals surface area (Å²) in [6, 6.07) is 0. The molecule has 0 saturated heterocycles. The number of aliphatic hydroxyl groups excluding tert-OH is 1. The number of aliphatic hydroxyl groups is 1. The third kappa shape index (κ3) is 11.2. The van der Waals surface area contributed by atoms with Crippen LogP contribution < -0.4 is 5.32 Å². The summed E-state index contributed by atoms with van der Waals surface area (Å²) in [5.41, 5.74) is 0.628. The maximum atomic E-state index is 11.3. The summed E-state index contributed by atoms with van der Waals surface area (Å²) >= 11 is 0. The lowest BCUT2D eigenvalue weighted by molar-refractivity contribution is 0.0525. The predicted molar refractivity (Wildman–Crippen MR) is 68.9 cm³/mol. The lowest BCUT2D eigenvalue weighted by Gasteiger charge is -2.19. The first kappa shape index (κ1) is 16.0. The number of allylic oxidation sites excluding steroid dienone is 1. The molecule has 0 aromatic carbocycles. The Kier molecular flexibility index (Phi) is 6.88. The first-order valence-electron chi connectivity index (χ1n) is 6.00. The van der Waals surface area contributed by atoms with E-state index in [4.69, 9.17) is 4.74 Å². The van der Waals surface area contributed by atoms with Crippen LogP contribution in [0.3, 0.4) is 0 Å². The van der Waals surface area contributed by atoms with Crippen molar-refractivity contribution in [3.05, 3.63) is 11.6 Å². The van der Waals surface area contributed by atoms with Gasteiger partial charge in [-0.25, -0.2) is 4.79 Å². The molecule has 1 atom stereocenters. The van der Waals surface area contributed by atoms with Crippen LogP contribution in [0.15, 0.2) is 11.6 Å². The van der Waals surface area contributed by atoms with Gasteiger partial charge in [-0.05, 0) is 47.5 Å². The SMILES string of the molecule is CC(C)=C[C@H](O)CCCNC(=O)OC(C)(C)C. The predicted octanol–water partition coefficient (Wildman–Crippen LogP) is 2.62. The summed E-state index contributed by atoms with van der Waals surface area (Å²) in [5.74, 6) is 0. The molecule has 4 nitrogen and oxygen atoms in total. The zero-order chi connectivity index (χ0) is 13.5. The largest absolute Gasteiger partial charge is 0.444 e. The van der Waals surface area contributed by atoms with Crippen molar-refractivity contribution in [1.82, 2.24) is 5.32 Å². The summed E-state index contributed by atoms with van der Waals surface area (Å²) in [6.07, 6.45) is 2.34. The molecule has 0 aromatic heterocycles. The van der Waals surface area contributed by atoms with Crippen LogP contribution in [0.25, 0.3) is 0 Å². The first-order chi connectivity index (χ1) is 7.70. The van der Waals surface area contributed by atoms with Crippen LogP contribution in [0.2, 0.25) is 0 Å². The fourth-order valence-corrected chi connectivity index (χ4v) is 1.28. The van der Waals surface area contributed by atoms with Crippen molar-refractivity contribution in [2.75, 3.05) is 6.54 Å². The van der Waals surface area contributed by atoms with Crippen molar-refractivity contribution >= 4 is 6.09 Å². The van der Waals surface area contributed by atoms with Gasteiger partial charge in [-0.15, -0.1) is 0 Å². The minimum absolute atomic E-state index is 0.408. The Morgan fingerprint density at radius 3 is 2.47 bits per heavy atom. The highest BCUT2D eigenvalue weighted by molar-refractivity contribution is 5.67. The normalized spacial score (nSPS) is 12.8. The molecule has 0 aliphatic rings. The van der Waals surface area contributed by atoms with Crippen LogP contribution in [-0.4, -0.2) is 29.4 Å². The van der Waals surface area contributed by atoms with Crippen molar-refractivity contribution in [3.63, 3.8) is 0 Å². The van der Waals surface area contributed by atoms with E-state index in [1.54, 1.807) is 0 Å². The maximum absolute atomic E-state index is 11.3. The van der Waals surface area contributed by atoms with Gasteiger partial charge in [0.05, 0.1) is 6.10 Å². The minimum Gasteiger partial charge on any atom is -0.444 e. The Labute approximate surface area is 104 Å². The number of hydrogen-bond acceptors (Lipinski definition) is 3. The molecule has 0 unspecified atom stereocenters. The second kappa shape index (κ2) is 7.33. The molecule has 0 radical (unpaired) electrons. The fraction of sp³-hybridized carbons (Fsp3) is 0.769. The number of nitrogens with one attached hydrogen (secondary N) is 1. The third-order valence-corrected chi connectivity index (χ3v) is 1.87. The average Bonchev–Trinajstić information content (AvgIpc) is 2.08. The molecular formula is C13H25NO3.